The molecule has 0 unspecified atom stereocenters. The molecule has 0 aliphatic heterocycles. The molecule has 4 aromatic rings. The number of nitrogens with one attached hydrogen (secondary N) is 3. The second kappa shape index (κ2) is 13.1. The maximum absolute atomic E-state index is 12.8. The first kappa shape index (κ1) is 27.1. The molecule has 3 amide bonds. The van der Waals surface area contributed by atoms with Crippen molar-refractivity contribution in [3.8, 4) is 17.2 Å². The second-order valence-corrected chi connectivity index (χ2v) is 8.89. The molecule has 10 heteroatoms. The molecule has 0 aliphatic rings. The van der Waals surface area contributed by atoms with Crippen LogP contribution >= 0.6 is 22.6 Å². The highest BCUT2D eigenvalue weighted by molar-refractivity contribution is 14.1. The highest BCUT2D eigenvalue weighted by Crippen LogP contribution is 2.35. The fourth-order valence-electron chi connectivity index (χ4n) is 3.74. The SMILES string of the molecule is CCNC(=O)Nc1ccc(Oc2ccnc3cc(OCc4ccccc4)c(C(=O)NOC)cc23)cc1CI. The number of hydroxylamine groups is 1. The van der Waals surface area contributed by atoms with Crippen LogP contribution in [0.1, 0.15) is 28.4 Å². The Balaban J connectivity index is 1.66. The number of hydrogen-bond acceptors (Lipinski definition) is 6. The molecule has 38 heavy (non-hydrogen) atoms. The van der Waals surface area contributed by atoms with Crippen LogP contribution in [0, 0.1) is 0 Å². The summed E-state index contributed by atoms with van der Waals surface area (Å²) in [6.07, 6.45) is 1.64. The first-order chi connectivity index (χ1) is 18.5. The van der Waals surface area contributed by atoms with Gasteiger partial charge in [0.1, 0.15) is 23.9 Å². The first-order valence-corrected chi connectivity index (χ1v) is 13.4. The Labute approximate surface area is 234 Å². The summed E-state index contributed by atoms with van der Waals surface area (Å²) in [7, 11) is 1.37. The molecule has 3 N–H and O–H groups in total. The summed E-state index contributed by atoms with van der Waals surface area (Å²) in [4.78, 5) is 34.1. The van der Waals surface area contributed by atoms with Crippen molar-refractivity contribution in [3.63, 3.8) is 0 Å². The second-order valence-electron chi connectivity index (χ2n) is 8.12. The standard InChI is InChI=1S/C28H27IN4O5/c1-3-30-28(35)32-23-10-9-20(13-19(23)16-29)38-25-11-12-31-24-15-26(37-17-18-7-5-4-6-8-18)22(14-21(24)25)27(34)33-36-2/h4-15H,3,16-17H2,1-2H3,(H,33,34)(H2,30,32,35). The molecule has 0 saturated heterocycles. The monoisotopic (exact) mass is 626 g/mol. The van der Waals surface area contributed by atoms with Gasteiger partial charge in [0.25, 0.3) is 5.91 Å². The zero-order valence-corrected chi connectivity index (χ0v) is 23.1. The van der Waals surface area contributed by atoms with E-state index in [-0.39, 0.29) is 18.2 Å². The van der Waals surface area contributed by atoms with Crippen LogP contribution in [0.15, 0.2) is 72.9 Å². The van der Waals surface area contributed by atoms with Crippen molar-refractivity contribution in [2.45, 2.75) is 18.0 Å². The number of fused-ring (bicyclic) bond motifs is 1. The maximum atomic E-state index is 12.8. The van der Waals surface area contributed by atoms with Gasteiger partial charge in [0.2, 0.25) is 0 Å². The quantitative estimate of drug-likeness (QED) is 0.114. The minimum Gasteiger partial charge on any atom is -0.488 e. The van der Waals surface area contributed by atoms with E-state index in [1.165, 1.54) is 7.11 Å². The molecule has 3 aromatic carbocycles. The van der Waals surface area contributed by atoms with Crippen molar-refractivity contribution in [2.75, 3.05) is 19.0 Å². The number of ether oxygens (including phenoxy) is 2. The number of halogens is 1. The van der Waals surface area contributed by atoms with Crippen molar-refractivity contribution in [1.82, 2.24) is 15.8 Å². The number of urea groups is 1. The van der Waals surface area contributed by atoms with Crippen molar-refractivity contribution in [2.24, 2.45) is 0 Å². The van der Waals surface area contributed by atoms with Crippen molar-refractivity contribution in [1.29, 1.82) is 0 Å². The Hall–Kier alpha value is -3.90. The number of hydrogen-bond donors (Lipinski definition) is 3. The third-order valence-electron chi connectivity index (χ3n) is 5.51. The molecular formula is C28H27IN4O5. The molecule has 1 heterocycles. The average molecular weight is 626 g/mol. The van der Waals surface area contributed by atoms with Crippen LogP contribution in [0.25, 0.3) is 10.9 Å². The van der Waals surface area contributed by atoms with E-state index in [9.17, 15) is 9.59 Å². The number of rotatable bonds is 10. The van der Waals surface area contributed by atoms with Gasteiger partial charge < -0.3 is 20.1 Å². The Kier molecular flexibility index (Phi) is 9.33. The molecule has 0 saturated carbocycles. The fraction of sp³-hybridized carbons (Fsp3) is 0.179. The van der Waals surface area contributed by atoms with Crippen LogP contribution in [0.2, 0.25) is 0 Å². The maximum Gasteiger partial charge on any atom is 0.319 e. The Morgan fingerprint density at radius 3 is 2.55 bits per heavy atom. The van der Waals surface area contributed by atoms with E-state index in [2.05, 4.69) is 43.7 Å². The molecule has 0 aliphatic carbocycles. The van der Waals surface area contributed by atoms with Crippen LogP contribution in [0.3, 0.4) is 0 Å². The van der Waals surface area contributed by atoms with E-state index in [4.69, 9.17) is 14.3 Å². The Morgan fingerprint density at radius 2 is 1.82 bits per heavy atom. The van der Waals surface area contributed by atoms with E-state index in [0.717, 1.165) is 11.1 Å². The lowest BCUT2D eigenvalue weighted by Crippen LogP contribution is -2.28. The summed E-state index contributed by atoms with van der Waals surface area (Å²) >= 11 is 2.24. The van der Waals surface area contributed by atoms with Gasteiger partial charge in [-0.1, -0.05) is 52.9 Å². The van der Waals surface area contributed by atoms with Gasteiger partial charge in [-0.25, -0.2) is 10.3 Å². The molecule has 0 spiro atoms. The molecule has 0 atom stereocenters. The number of carbonyl (C=O) groups excluding carboxylic acids is 2. The molecule has 1 aromatic heterocycles. The van der Waals surface area contributed by atoms with E-state index in [0.29, 0.717) is 44.8 Å². The van der Waals surface area contributed by atoms with Gasteiger partial charge in [-0.05, 0) is 48.4 Å². The number of pyridine rings is 1. The van der Waals surface area contributed by atoms with Gasteiger partial charge in [0, 0.05) is 34.3 Å². The van der Waals surface area contributed by atoms with Gasteiger partial charge in [-0.15, -0.1) is 0 Å². The highest BCUT2D eigenvalue weighted by atomic mass is 127. The fourth-order valence-corrected chi connectivity index (χ4v) is 4.37. The van der Waals surface area contributed by atoms with Gasteiger partial charge in [-0.2, -0.15) is 0 Å². The highest BCUT2D eigenvalue weighted by Gasteiger charge is 2.18. The first-order valence-electron chi connectivity index (χ1n) is 11.9. The van der Waals surface area contributed by atoms with Crippen LogP contribution in [-0.2, 0) is 15.9 Å². The normalized spacial score (nSPS) is 10.6. The number of carbonyl (C=O) groups is 2. The number of nitrogens with zero attached hydrogens (tertiary/aromatic N) is 1. The average Bonchev–Trinajstić information content (AvgIpc) is 2.93. The number of anilines is 1. The summed E-state index contributed by atoms with van der Waals surface area (Å²) in [5.74, 6) is 1.01. The summed E-state index contributed by atoms with van der Waals surface area (Å²) in [5.41, 5.74) is 5.82. The molecular weight excluding hydrogens is 599 g/mol. The van der Waals surface area contributed by atoms with Gasteiger partial charge in [0.05, 0.1) is 18.2 Å². The summed E-state index contributed by atoms with van der Waals surface area (Å²) < 4.78 is 12.9. The molecule has 4 rings (SSSR count). The van der Waals surface area contributed by atoms with Gasteiger partial charge >= 0.3 is 6.03 Å². The van der Waals surface area contributed by atoms with Crippen molar-refractivity contribution in [3.05, 3.63) is 89.6 Å². The molecule has 0 radical (unpaired) electrons. The third kappa shape index (κ3) is 6.69. The van der Waals surface area contributed by atoms with E-state index in [1.54, 1.807) is 36.5 Å². The van der Waals surface area contributed by atoms with Gasteiger partial charge in [0.15, 0.2) is 0 Å². The van der Waals surface area contributed by atoms with E-state index in [1.807, 2.05) is 43.3 Å². The van der Waals surface area contributed by atoms with Gasteiger partial charge in [-0.3, -0.25) is 14.6 Å². The van der Waals surface area contributed by atoms with Crippen LogP contribution in [0.5, 0.6) is 17.2 Å². The number of aromatic nitrogens is 1. The zero-order chi connectivity index (χ0) is 26.9. The van der Waals surface area contributed by atoms with E-state index >= 15 is 0 Å². The van der Waals surface area contributed by atoms with Crippen LogP contribution < -0.4 is 25.6 Å². The number of amides is 3. The predicted molar refractivity (Wildman–Crippen MR) is 154 cm³/mol. The van der Waals surface area contributed by atoms with Crippen LogP contribution in [0.4, 0.5) is 10.5 Å². The van der Waals surface area contributed by atoms with Crippen molar-refractivity contribution < 1.29 is 23.9 Å². The summed E-state index contributed by atoms with van der Waals surface area (Å²) in [6.45, 7) is 2.67. The lowest BCUT2D eigenvalue weighted by atomic mass is 10.1. The largest absolute Gasteiger partial charge is 0.488 e. The van der Waals surface area contributed by atoms with E-state index < -0.39 is 5.91 Å². The third-order valence-corrected chi connectivity index (χ3v) is 6.34. The lowest BCUT2D eigenvalue weighted by molar-refractivity contribution is 0.0534. The Bertz CT molecular complexity index is 1430. The predicted octanol–water partition coefficient (Wildman–Crippen LogP) is 5.97. The molecule has 0 fully saturated rings. The molecule has 0 bridgehead atoms. The van der Waals surface area contributed by atoms with Crippen molar-refractivity contribution >= 4 is 51.1 Å². The minimum atomic E-state index is -0.458. The molecule has 9 nitrogen and oxygen atoms in total. The zero-order valence-electron chi connectivity index (χ0n) is 20.9. The Morgan fingerprint density at radius 1 is 1.00 bits per heavy atom. The number of benzene rings is 3. The molecule has 196 valence electrons. The van der Waals surface area contributed by atoms with Crippen LogP contribution in [-0.4, -0.2) is 30.6 Å². The summed E-state index contributed by atoms with van der Waals surface area (Å²) in [6, 6.07) is 20.0. The smallest absolute Gasteiger partial charge is 0.319 e. The topological polar surface area (TPSA) is 111 Å². The number of alkyl halides is 1. The minimum absolute atomic E-state index is 0.264. The lowest BCUT2D eigenvalue weighted by Gasteiger charge is -2.15. The summed E-state index contributed by atoms with van der Waals surface area (Å²) in [5, 5.41) is 6.20.